The summed E-state index contributed by atoms with van der Waals surface area (Å²) in [6.45, 7) is 0.465. The molecule has 0 aliphatic carbocycles. The first kappa shape index (κ1) is 9.79. The molecule has 1 fully saturated rings. The van der Waals surface area contributed by atoms with Crippen molar-refractivity contribution in [2.45, 2.75) is 25.0 Å². The minimum absolute atomic E-state index is 0.0496. The number of cyclic esters (lactones) is 1. The number of rotatable bonds is 3. The van der Waals surface area contributed by atoms with Crippen molar-refractivity contribution in [2.75, 3.05) is 6.54 Å². The molecule has 2 unspecified atom stereocenters. The van der Waals surface area contributed by atoms with Crippen LogP contribution < -0.4 is 17.2 Å². The van der Waals surface area contributed by atoms with E-state index in [1.54, 1.807) is 0 Å². The molecule has 6 nitrogen and oxygen atoms in total. The maximum Gasteiger partial charge on any atom is 0.323 e. The van der Waals surface area contributed by atoms with Crippen molar-refractivity contribution in [3.8, 4) is 0 Å². The zero-order chi connectivity index (χ0) is 9.84. The number of carbonyl (C=O) groups excluding carboxylic acids is 1. The molecule has 0 spiro atoms. The van der Waals surface area contributed by atoms with Crippen molar-refractivity contribution in [3.05, 3.63) is 0 Å². The van der Waals surface area contributed by atoms with E-state index < -0.39 is 6.04 Å². The topological polar surface area (TPSA) is 117 Å². The summed E-state index contributed by atoms with van der Waals surface area (Å²) in [6.07, 6.45) is 1.04. The van der Waals surface area contributed by atoms with E-state index in [0.717, 1.165) is 0 Å². The Morgan fingerprint density at radius 2 is 2.31 bits per heavy atom. The van der Waals surface area contributed by atoms with Crippen LogP contribution in [0, 0.1) is 0 Å². The quantitative estimate of drug-likeness (QED) is 0.276. The molecule has 1 heterocycles. The summed E-state index contributed by atoms with van der Waals surface area (Å²) in [6, 6.07) is -0.482. The van der Waals surface area contributed by atoms with Gasteiger partial charge in [0.25, 0.3) is 0 Å². The summed E-state index contributed by atoms with van der Waals surface area (Å²) >= 11 is 0. The number of hydrogen-bond donors (Lipinski definition) is 3. The van der Waals surface area contributed by atoms with E-state index in [1.807, 2.05) is 0 Å². The number of guanidine groups is 1. The first-order valence-electron chi connectivity index (χ1n) is 4.11. The van der Waals surface area contributed by atoms with Crippen LogP contribution >= 0.6 is 0 Å². The Morgan fingerprint density at radius 3 is 2.77 bits per heavy atom. The van der Waals surface area contributed by atoms with Crippen LogP contribution in [-0.2, 0) is 9.53 Å². The van der Waals surface area contributed by atoms with E-state index in [9.17, 15) is 4.79 Å². The summed E-state index contributed by atoms with van der Waals surface area (Å²) in [5, 5.41) is 0. The van der Waals surface area contributed by atoms with Gasteiger partial charge in [0.1, 0.15) is 12.1 Å². The number of hydrogen-bond acceptors (Lipinski definition) is 4. The first-order valence-corrected chi connectivity index (χ1v) is 4.11. The number of nitrogens with two attached hydrogens (primary N) is 3. The molecule has 0 amide bonds. The van der Waals surface area contributed by atoms with Gasteiger partial charge in [-0.2, -0.15) is 0 Å². The fraction of sp³-hybridized carbons (Fsp3) is 0.714. The molecular weight excluding hydrogens is 172 g/mol. The Kier molecular flexibility index (Phi) is 3.07. The van der Waals surface area contributed by atoms with Gasteiger partial charge in [0.15, 0.2) is 5.96 Å². The average molecular weight is 186 g/mol. The Hall–Kier alpha value is -1.30. The maximum atomic E-state index is 10.8. The van der Waals surface area contributed by atoms with Crippen molar-refractivity contribution < 1.29 is 9.53 Å². The van der Waals surface area contributed by atoms with Crippen LogP contribution in [0.4, 0.5) is 0 Å². The Balaban J connectivity index is 2.25. The number of ether oxygens (including phenoxy) is 1. The predicted molar refractivity (Wildman–Crippen MR) is 47.8 cm³/mol. The van der Waals surface area contributed by atoms with E-state index in [4.69, 9.17) is 21.9 Å². The van der Waals surface area contributed by atoms with Gasteiger partial charge < -0.3 is 21.9 Å². The van der Waals surface area contributed by atoms with Gasteiger partial charge in [-0.05, 0) is 0 Å². The largest absolute Gasteiger partial charge is 0.461 e. The second kappa shape index (κ2) is 4.08. The van der Waals surface area contributed by atoms with Crippen LogP contribution in [0.1, 0.15) is 12.8 Å². The number of esters is 1. The summed E-state index contributed by atoms with van der Waals surface area (Å²) in [5.74, 6) is -0.289. The maximum absolute atomic E-state index is 10.8. The zero-order valence-corrected chi connectivity index (χ0v) is 7.27. The number of carbonyl (C=O) groups is 1. The second-order valence-electron chi connectivity index (χ2n) is 3.00. The molecule has 6 N–H and O–H groups in total. The van der Waals surface area contributed by atoms with Gasteiger partial charge in [-0.1, -0.05) is 0 Å². The normalized spacial score (nSPS) is 27.0. The highest BCUT2D eigenvalue weighted by Crippen LogP contribution is 2.15. The highest BCUT2D eigenvalue weighted by atomic mass is 16.6. The lowest BCUT2D eigenvalue weighted by atomic mass is 10.1. The van der Waals surface area contributed by atoms with Gasteiger partial charge in [-0.25, -0.2) is 0 Å². The van der Waals surface area contributed by atoms with Crippen LogP contribution in [0.3, 0.4) is 0 Å². The summed E-state index contributed by atoms with van der Waals surface area (Å²) in [4.78, 5) is 14.6. The molecule has 0 aromatic heterocycles. The van der Waals surface area contributed by atoms with Gasteiger partial charge in [-0.3, -0.25) is 9.79 Å². The van der Waals surface area contributed by atoms with Crippen molar-refractivity contribution in [3.63, 3.8) is 0 Å². The lowest BCUT2D eigenvalue weighted by Gasteiger charge is -2.05. The minimum atomic E-state index is -0.482. The second-order valence-corrected chi connectivity index (χ2v) is 3.00. The van der Waals surface area contributed by atoms with Crippen LogP contribution in [0.5, 0.6) is 0 Å². The third-order valence-corrected chi connectivity index (χ3v) is 1.85. The van der Waals surface area contributed by atoms with Crippen LogP contribution in [0.2, 0.25) is 0 Å². The van der Waals surface area contributed by atoms with Crippen LogP contribution in [0.25, 0.3) is 0 Å². The fourth-order valence-electron chi connectivity index (χ4n) is 1.19. The molecule has 74 valence electrons. The fourth-order valence-corrected chi connectivity index (χ4v) is 1.19. The van der Waals surface area contributed by atoms with Crippen molar-refractivity contribution in [1.82, 2.24) is 0 Å². The SMILES string of the molecule is NC(N)=NCCC1CC(N)C(=O)O1. The van der Waals surface area contributed by atoms with Crippen molar-refractivity contribution in [1.29, 1.82) is 0 Å². The Morgan fingerprint density at radius 1 is 1.62 bits per heavy atom. The van der Waals surface area contributed by atoms with E-state index in [0.29, 0.717) is 19.4 Å². The minimum Gasteiger partial charge on any atom is -0.461 e. The molecule has 1 aliphatic heterocycles. The predicted octanol–water partition coefficient (Wildman–Crippen LogP) is -1.71. The highest BCUT2D eigenvalue weighted by Gasteiger charge is 2.30. The van der Waals surface area contributed by atoms with Crippen LogP contribution in [-0.4, -0.2) is 30.6 Å². The highest BCUT2D eigenvalue weighted by molar-refractivity contribution is 5.77. The third kappa shape index (κ3) is 2.90. The number of aliphatic imine (C=N–C) groups is 1. The van der Waals surface area contributed by atoms with Crippen LogP contribution in [0.15, 0.2) is 4.99 Å². The lowest BCUT2D eigenvalue weighted by molar-refractivity contribution is -0.142. The zero-order valence-electron chi connectivity index (χ0n) is 7.27. The van der Waals surface area contributed by atoms with Gasteiger partial charge in [-0.15, -0.1) is 0 Å². The lowest BCUT2D eigenvalue weighted by Crippen LogP contribution is -2.24. The molecule has 6 heteroatoms. The van der Waals surface area contributed by atoms with E-state index in [-0.39, 0.29) is 18.0 Å². The Labute approximate surface area is 76.1 Å². The van der Waals surface area contributed by atoms with Gasteiger partial charge in [0.2, 0.25) is 0 Å². The van der Waals surface area contributed by atoms with E-state index in [2.05, 4.69) is 4.99 Å². The Bertz CT molecular complexity index is 225. The molecule has 0 aromatic rings. The van der Waals surface area contributed by atoms with E-state index >= 15 is 0 Å². The average Bonchev–Trinajstić information content (AvgIpc) is 2.30. The van der Waals surface area contributed by atoms with Gasteiger partial charge in [0.05, 0.1) is 0 Å². The molecule has 0 bridgehead atoms. The molecule has 1 rings (SSSR count). The van der Waals surface area contributed by atoms with Crippen molar-refractivity contribution in [2.24, 2.45) is 22.2 Å². The van der Waals surface area contributed by atoms with Crippen molar-refractivity contribution >= 4 is 11.9 Å². The monoisotopic (exact) mass is 186 g/mol. The molecule has 2 atom stereocenters. The first-order chi connectivity index (χ1) is 6.09. The summed E-state index contributed by atoms with van der Waals surface area (Å²) in [5.41, 5.74) is 15.7. The summed E-state index contributed by atoms with van der Waals surface area (Å²) < 4.78 is 4.94. The van der Waals surface area contributed by atoms with Gasteiger partial charge >= 0.3 is 5.97 Å². The third-order valence-electron chi connectivity index (χ3n) is 1.85. The smallest absolute Gasteiger partial charge is 0.323 e. The number of nitrogens with zero attached hydrogens (tertiary/aromatic N) is 1. The molecular formula is C7H14N4O2. The van der Waals surface area contributed by atoms with Gasteiger partial charge in [0, 0.05) is 19.4 Å². The molecule has 1 aliphatic rings. The molecule has 0 saturated carbocycles. The molecule has 1 saturated heterocycles. The molecule has 13 heavy (non-hydrogen) atoms. The molecule has 0 aromatic carbocycles. The van der Waals surface area contributed by atoms with E-state index in [1.165, 1.54) is 0 Å². The molecule has 0 radical (unpaired) electrons. The standard InChI is InChI=1S/C7H14N4O2/c8-5-3-4(13-6(5)12)1-2-11-7(9)10/h4-5H,1-3,8H2,(H4,9,10,11). The summed E-state index contributed by atoms with van der Waals surface area (Å²) in [7, 11) is 0.